The molecule has 2 atom stereocenters. The largest absolute Gasteiger partial charge is 0.387 e. The first kappa shape index (κ1) is 9.00. The van der Waals surface area contributed by atoms with Crippen LogP contribution in [-0.4, -0.2) is 11.1 Å². The SMILES string of the molecule is N[C@@H]1CCc2cc(Cl)ccc2[C@H]1O. The second kappa shape index (κ2) is 3.29. The first-order chi connectivity index (χ1) is 6.18. The number of hydrogen-bond acceptors (Lipinski definition) is 2. The van der Waals surface area contributed by atoms with Crippen LogP contribution in [0.1, 0.15) is 23.7 Å². The Morgan fingerprint density at radius 3 is 3.00 bits per heavy atom. The minimum Gasteiger partial charge on any atom is -0.387 e. The third-order valence-corrected chi connectivity index (χ3v) is 2.81. The molecule has 13 heavy (non-hydrogen) atoms. The van der Waals surface area contributed by atoms with Crippen LogP contribution in [0.5, 0.6) is 0 Å². The summed E-state index contributed by atoms with van der Waals surface area (Å²) in [4.78, 5) is 0. The number of aliphatic hydroxyl groups is 1. The van der Waals surface area contributed by atoms with Gasteiger partial charge in [0, 0.05) is 11.1 Å². The van der Waals surface area contributed by atoms with Gasteiger partial charge in [-0.05, 0) is 36.1 Å². The van der Waals surface area contributed by atoms with Gasteiger partial charge in [0.1, 0.15) is 0 Å². The fourth-order valence-corrected chi connectivity index (χ4v) is 1.98. The summed E-state index contributed by atoms with van der Waals surface area (Å²) < 4.78 is 0. The Morgan fingerprint density at radius 2 is 2.23 bits per heavy atom. The molecule has 0 aliphatic heterocycles. The smallest absolute Gasteiger partial charge is 0.0943 e. The van der Waals surface area contributed by atoms with Crippen molar-refractivity contribution in [1.29, 1.82) is 0 Å². The summed E-state index contributed by atoms with van der Waals surface area (Å²) in [5.41, 5.74) is 7.81. The van der Waals surface area contributed by atoms with Crippen LogP contribution in [0.15, 0.2) is 18.2 Å². The van der Waals surface area contributed by atoms with Crippen molar-refractivity contribution in [3.63, 3.8) is 0 Å². The van der Waals surface area contributed by atoms with E-state index in [0.717, 1.165) is 29.0 Å². The molecule has 2 rings (SSSR count). The van der Waals surface area contributed by atoms with Crippen LogP contribution < -0.4 is 5.73 Å². The standard InChI is InChI=1S/C10H12ClNO/c11-7-2-3-8-6(5-7)1-4-9(12)10(8)13/h2-3,5,9-10,13H,1,4,12H2/t9-,10-/m1/s1. The van der Waals surface area contributed by atoms with E-state index in [4.69, 9.17) is 17.3 Å². The summed E-state index contributed by atoms with van der Waals surface area (Å²) in [6, 6.07) is 5.43. The van der Waals surface area contributed by atoms with Crippen LogP contribution in [0, 0.1) is 0 Å². The van der Waals surface area contributed by atoms with Crippen LogP contribution >= 0.6 is 11.6 Å². The molecule has 0 fully saturated rings. The molecular formula is C10H12ClNO. The zero-order valence-electron chi connectivity index (χ0n) is 7.20. The number of benzene rings is 1. The van der Waals surface area contributed by atoms with E-state index >= 15 is 0 Å². The van der Waals surface area contributed by atoms with E-state index in [-0.39, 0.29) is 6.04 Å². The molecule has 0 aromatic heterocycles. The molecular weight excluding hydrogens is 186 g/mol. The lowest BCUT2D eigenvalue weighted by Crippen LogP contribution is -2.32. The molecule has 1 aromatic rings. The molecule has 1 aliphatic carbocycles. The van der Waals surface area contributed by atoms with Gasteiger partial charge in [-0.2, -0.15) is 0 Å². The number of hydrogen-bond donors (Lipinski definition) is 2. The molecule has 70 valence electrons. The minimum absolute atomic E-state index is 0.131. The Balaban J connectivity index is 2.44. The van der Waals surface area contributed by atoms with Gasteiger partial charge in [-0.3, -0.25) is 0 Å². The zero-order valence-corrected chi connectivity index (χ0v) is 7.96. The highest BCUT2D eigenvalue weighted by atomic mass is 35.5. The van der Waals surface area contributed by atoms with Crippen molar-refractivity contribution in [3.05, 3.63) is 34.3 Å². The van der Waals surface area contributed by atoms with Crippen LogP contribution in [0.25, 0.3) is 0 Å². The molecule has 2 nitrogen and oxygen atoms in total. The fourth-order valence-electron chi connectivity index (χ4n) is 1.79. The van der Waals surface area contributed by atoms with Gasteiger partial charge in [-0.1, -0.05) is 17.7 Å². The van der Waals surface area contributed by atoms with E-state index in [0.29, 0.717) is 0 Å². The van der Waals surface area contributed by atoms with Gasteiger partial charge in [0.2, 0.25) is 0 Å². The maximum absolute atomic E-state index is 9.75. The molecule has 3 N–H and O–H groups in total. The predicted molar refractivity (Wildman–Crippen MR) is 52.7 cm³/mol. The summed E-state index contributed by atoms with van der Waals surface area (Å²) in [7, 11) is 0. The minimum atomic E-state index is -0.527. The Labute approximate surface area is 82.3 Å². The highest BCUT2D eigenvalue weighted by molar-refractivity contribution is 6.30. The maximum atomic E-state index is 9.75. The molecule has 0 amide bonds. The number of aliphatic hydroxyl groups excluding tert-OH is 1. The van der Waals surface area contributed by atoms with Gasteiger partial charge in [0.25, 0.3) is 0 Å². The molecule has 0 heterocycles. The predicted octanol–water partition coefficient (Wildman–Crippen LogP) is 1.65. The van der Waals surface area contributed by atoms with Crippen LogP contribution in [0.2, 0.25) is 5.02 Å². The first-order valence-corrected chi connectivity index (χ1v) is 4.78. The second-order valence-corrected chi connectivity index (χ2v) is 3.93. The van der Waals surface area contributed by atoms with Crippen LogP contribution in [0.3, 0.4) is 0 Å². The number of nitrogens with two attached hydrogens (primary N) is 1. The number of rotatable bonds is 0. The highest BCUT2D eigenvalue weighted by Gasteiger charge is 2.24. The van der Waals surface area contributed by atoms with E-state index in [1.54, 1.807) is 6.07 Å². The van der Waals surface area contributed by atoms with Gasteiger partial charge < -0.3 is 10.8 Å². The first-order valence-electron chi connectivity index (χ1n) is 4.40. The van der Waals surface area contributed by atoms with E-state index in [2.05, 4.69) is 0 Å². The van der Waals surface area contributed by atoms with Crippen molar-refractivity contribution in [1.82, 2.24) is 0 Å². The molecule has 0 saturated heterocycles. The summed E-state index contributed by atoms with van der Waals surface area (Å²) in [6.07, 6.45) is 1.21. The molecule has 0 saturated carbocycles. The lowest BCUT2D eigenvalue weighted by atomic mass is 9.86. The number of halogens is 1. The Kier molecular flexibility index (Phi) is 2.28. The molecule has 3 heteroatoms. The normalized spacial score (nSPS) is 27.0. The van der Waals surface area contributed by atoms with Crippen molar-refractivity contribution in [2.75, 3.05) is 0 Å². The van der Waals surface area contributed by atoms with Gasteiger partial charge in [0.05, 0.1) is 6.10 Å². The van der Waals surface area contributed by atoms with Crippen molar-refractivity contribution in [2.45, 2.75) is 25.0 Å². The van der Waals surface area contributed by atoms with Gasteiger partial charge in [-0.15, -0.1) is 0 Å². The van der Waals surface area contributed by atoms with E-state index in [1.807, 2.05) is 12.1 Å². The topological polar surface area (TPSA) is 46.2 Å². The second-order valence-electron chi connectivity index (χ2n) is 3.49. The average molecular weight is 198 g/mol. The lowest BCUT2D eigenvalue weighted by Gasteiger charge is -2.27. The van der Waals surface area contributed by atoms with Crippen molar-refractivity contribution in [3.8, 4) is 0 Å². The Morgan fingerprint density at radius 1 is 1.46 bits per heavy atom. The third kappa shape index (κ3) is 1.57. The quantitative estimate of drug-likeness (QED) is 0.665. The van der Waals surface area contributed by atoms with Gasteiger partial charge >= 0.3 is 0 Å². The molecule has 0 bridgehead atoms. The molecule has 0 radical (unpaired) electrons. The molecule has 1 aromatic carbocycles. The lowest BCUT2D eigenvalue weighted by molar-refractivity contribution is 0.134. The van der Waals surface area contributed by atoms with Crippen molar-refractivity contribution >= 4 is 11.6 Å². The highest BCUT2D eigenvalue weighted by Crippen LogP contribution is 2.30. The molecule has 1 aliphatic rings. The maximum Gasteiger partial charge on any atom is 0.0943 e. The summed E-state index contributed by atoms with van der Waals surface area (Å²) >= 11 is 5.85. The Bertz CT molecular complexity index is 327. The van der Waals surface area contributed by atoms with Crippen molar-refractivity contribution < 1.29 is 5.11 Å². The van der Waals surface area contributed by atoms with E-state index in [1.165, 1.54) is 0 Å². The summed E-state index contributed by atoms with van der Waals surface area (Å²) in [5, 5.41) is 10.5. The fraction of sp³-hybridized carbons (Fsp3) is 0.400. The average Bonchev–Trinajstić information content (AvgIpc) is 2.12. The van der Waals surface area contributed by atoms with E-state index < -0.39 is 6.10 Å². The summed E-state index contributed by atoms with van der Waals surface area (Å²) in [6.45, 7) is 0. The number of fused-ring (bicyclic) bond motifs is 1. The summed E-state index contributed by atoms with van der Waals surface area (Å²) in [5.74, 6) is 0. The third-order valence-electron chi connectivity index (χ3n) is 2.58. The van der Waals surface area contributed by atoms with Crippen LogP contribution in [0.4, 0.5) is 0 Å². The number of aryl methyl sites for hydroxylation is 1. The van der Waals surface area contributed by atoms with Crippen LogP contribution in [-0.2, 0) is 6.42 Å². The van der Waals surface area contributed by atoms with Gasteiger partial charge in [-0.25, -0.2) is 0 Å². The zero-order chi connectivity index (χ0) is 9.42. The monoisotopic (exact) mass is 197 g/mol. The van der Waals surface area contributed by atoms with Gasteiger partial charge in [0.15, 0.2) is 0 Å². The molecule has 0 spiro atoms. The molecule has 0 unspecified atom stereocenters. The van der Waals surface area contributed by atoms with E-state index in [9.17, 15) is 5.11 Å². The van der Waals surface area contributed by atoms with Crippen molar-refractivity contribution in [2.24, 2.45) is 5.73 Å². The Hall–Kier alpha value is -0.570.